The summed E-state index contributed by atoms with van der Waals surface area (Å²) in [5.74, 6) is -1.14. The highest BCUT2D eigenvalue weighted by molar-refractivity contribution is 5.42. The summed E-state index contributed by atoms with van der Waals surface area (Å²) in [4.78, 5) is 1.85. The van der Waals surface area contributed by atoms with Gasteiger partial charge in [0.2, 0.25) is 0 Å². The highest BCUT2D eigenvalue weighted by Crippen LogP contribution is 2.30. The fraction of sp³-hybridized carbons (Fsp3) is 0.368. The van der Waals surface area contributed by atoms with Crippen LogP contribution in [0.25, 0.3) is 0 Å². The second-order valence-corrected chi connectivity index (χ2v) is 6.58. The van der Waals surface area contributed by atoms with Gasteiger partial charge in [-0.3, -0.25) is 4.90 Å². The molecule has 26 heavy (non-hydrogen) atoms. The smallest absolute Gasteiger partial charge is 0.157 e. The van der Waals surface area contributed by atoms with E-state index >= 15 is 0 Å². The summed E-state index contributed by atoms with van der Waals surface area (Å²) in [6.45, 7) is 4.23. The Bertz CT molecular complexity index is 689. The minimum absolute atomic E-state index is 0.00993. The normalized spacial score (nSPS) is 13.9. The Balaban J connectivity index is 2.10. The fourth-order valence-electron chi connectivity index (χ4n) is 2.65. The van der Waals surface area contributed by atoms with Crippen LogP contribution in [-0.2, 0) is 0 Å². The van der Waals surface area contributed by atoms with Gasteiger partial charge in [-0.15, -0.1) is 0 Å². The average molecular weight is 363 g/mol. The van der Waals surface area contributed by atoms with E-state index in [-0.39, 0.29) is 42.1 Å². The van der Waals surface area contributed by atoms with Gasteiger partial charge in [0.25, 0.3) is 0 Å². The van der Waals surface area contributed by atoms with Crippen molar-refractivity contribution in [2.45, 2.75) is 32.1 Å². The number of nitrogens with zero attached hydrogens (tertiary/aromatic N) is 1. The van der Waals surface area contributed by atoms with Crippen LogP contribution in [0.4, 0.5) is 0 Å². The molecule has 0 aliphatic heterocycles. The fourth-order valence-corrected chi connectivity index (χ4v) is 2.65. The second kappa shape index (κ2) is 8.27. The molecule has 0 saturated heterocycles. The van der Waals surface area contributed by atoms with Gasteiger partial charge < -0.3 is 30.6 Å². The zero-order valence-corrected chi connectivity index (χ0v) is 14.7. The first-order valence-corrected chi connectivity index (χ1v) is 8.33. The lowest BCUT2D eigenvalue weighted by molar-refractivity contribution is 0.0520. The minimum Gasteiger partial charge on any atom is -0.504 e. The number of aliphatic hydroxyl groups is 2. The molecule has 0 aromatic heterocycles. The van der Waals surface area contributed by atoms with Crippen LogP contribution in [0.15, 0.2) is 36.4 Å². The monoisotopic (exact) mass is 363 g/mol. The maximum absolute atomic E-state index is 10.4. The van der Waals surface area contributed by atoms with Gasteiger partial charge >= 0.3 is 0 Å². The minimum atomic E-state index is -0.927. The highest BCUT2D eigenvalue weighted by Gasteiger charge is 2.21. The molecule has 7 nitrogen and oxygen atoms in total. The first-order chi connectivity index (χ1) is 12.2. The van der Waals surface area contributed by atoms with Crippen LogP contribution in [0.2, 0.25) is 0 Å². The maximum Gasteiger partial charge on any atom is 0.157 e. The van der Waals surface area contributed by atoms with Gasteiger partial charge in [0, 0.05) is 19.1 Å². The summed E-state index contributed by atoms with van der Waals surface area (Å²) in [5.41, 5.74) is 0.894. The number of hydrogen-bond acceptors (Lipinski definition) is 7. The first kappa shape index (κ1) is 19.8. The predicted molar refractivity (Wildman–Crippen MR) is 96.2 cm³/mol. The van der Waals surface area contributed by atoms with Crippen molar-refractivity contribution in [3.63, 3.8) is 0 Å². The summed E-state index contributed by atoms with van der Waals surface area (Å²) in [5, 5.41) is 58.8. The standard InChI is InChI=1S/C19H25NO6/c1-11(2)20(9-18(25)12-3-5-14(21)16(23)7-12)10-19(26)13-4-6-15(22)17(24)8-13/h3-8,11,18-19,21-26H,9-10H2,1-2H3. The largest absolute Gasteiger partial charge is 0.504 e. The third-order valence-corrected chi connectivity index (χ3v) is 4.31. The molecule has 7 heteroatoms. The van der Waals surface area contributed by atoms with Crippen LogP contribution in [0, 0.1) is 0 Å². The first-order valence-electron chi connectivity index (χ1n) is 8.33. The van der Waals surface area contributed by atoms with E-state index in [9.17, 15) is 30.6 Å². The molecule has 2 atom stereocenters. The average Bonchev–Trinajstić information content (AvgIpc) is 2.58. The van der Waals surface area contributed by atoms with Crippen LogP contribution < -0.4 is 0 Å². The molecule has 0 heterocycles. The molecule has 0 bridgehead atoms. The summed E-state index contributed by atoms with van der Waals surface area (Å²) < 4.78 is 0. The molecule has 142 valence electrons. The van der Waals surface area contributed by atoms with Gasteiger partial charge in [-0.05, 0) is 49.2 Å². The third-order valence-electron chi connectivity index (χ3n) is 4.31. The maximum atomic E-state index is 10.4. The van der Waals surface area contributed by atoms with Crippen molar-refractivity contribution in [3.8, 4) is 23.0 Å². The highest BCUT2D eigenvalue weighted by atomic mass is 16.3. The van der Waals surface area contributed by atoms with E-state index in [4.69, 9.17) is 0 Å². The molecule has 0 aliphatic rings. The molecule has 2 rings (SSSR count). The summed E-state index contributed by atoms with van der Waals surface area (Å²) in [6.07, 6.45) is -1.85. The van der Waals surface area contributed by atoms with Gasteiger partial charge in [0.1, 0.15) is 0 Å². The number of phenolic OH excluding ortho intramolecular Hbond substituents is 4. The van der Waals surface area contributed by atoms with Crippen molar-refractivity contribution in [1.82, 2.24) is 4.90 Å². The molecule has 2 unspecified atom stereocenters. The lowest BCUT2D eigenvalue weighted by atomic mass is 10.0. The van der Waals surface area contributed by atoms with Gasteiger partial charge in [0.05, 0.1) is 12.2 Å². The van der Waals surface area contributed by atoms with E-state index in [1.807, 2.05) is 18.7 Å². The van der Waals surface area contributed by atoms with Crippen LogP contribution in [0.1, 0.15) is 37.2 Å². The third kappa shape index (κ3) is 4.78. The molecular weight excluding hydrogens is 338 g/mol. The molecule has 0 radical (unpaired) electrons. The second-order valence-electron chi connectivity index (χ2n) is 6.58. The molecule has 0 saturated carbocycles. The van der Waals surface area contributed by atoms with Gasteiger partial charge in [-0.1, -0.05) is 12.1 Å². The van der Waals surface area contributed by atoms with Crippen molar-refractivity contribution >= 4 is 0 Å². The van der Waals surface area contributed by atoms with E-state index < -0.39 is 12.2 Å². The number of aliphatic hydroxyl groups excluding tert-OH is 2. The Kier molecular flexibility index (Phi) is 6.31. The van der Waals surface area contributed by atoms with Crippen LogP contribution in [0.3, 0.4) is 0 Å². The quantitative estimate of drug-likeness (QED) is 0.416. The van der Waals surface area contributed by atoms with Gasteiger partial charge in [-0.2, -0.15) is 0 Å². The van der Waals surface area contributed by atoms with Crippen molar-refractivity contribution in [1.29, 1.82) is 0 Å². The molecule has 2 aromatic rings. The van der Waals surface area contributed by atoms with E-state index in [2.05, 4.69) is 0 Å². The topological polar surface area (TPSA) is 125 Å². The summed E-state index contributed by atoms with van der Waals surface area (Å²) in [6, 6.07) is 8.26. The number of hydrogen-bond donors (Lipinski definition) is 6. The molecular formula is C19H25NO6. The SMILES string of the molecule is CC(C)N(CC(O)c1ccc(O)c(O)c1)CC(O)c1ccc(O)c(O)c1. The van der Waals surface area contributed by atoms with E-state index in [0.717, 1.165) is 0 Å². The van der Waals surface area contributed by atoms with Gasteiger partial charge in [0.15, 0.2) is 23.0 Å². The predicted octanol–water partition coefficient (Wildman–Crippen LogP) is 1.99. The Morgan fingerprint density at radius 2 is 1.08 bits per heavy atom. The van der Waals surface area contributed by atoms with Crippen molar-refractivity contribution in [2.24, 2.45) is 0 Å². The number of benzene rings is 2. The molecule has 0 spiro atoms. The lowest BCUT2D eigenvalue weighted by Gasteiger charge is -2.31. The van der Waals surface area contributed by atoms with Crippen molar-refractivity contribution in [2.75, 3.05) is 13.1 Å². The number of aromatic hydroxyl groups is 4. The van der Waals surface area contributed by atoms with E-state index in [1.165, 1.54) is 36.4 Å². The van der Waals surface area contributed by atoms with Crippen LogP contribution >= 0.6 is 0 Å². The van der Waals surface area contributed by atoms with Crippen LogP contribution in [0.5, 0.6) is 23.0 Å². The molecule has 0 aliphatic carbocycles. The zero-order valence-electron chi connectivity index (χ0n) is 14.7. The van der Waals surface area contributed by atoms with E-state index in [0.29, 0.717) is 11.1 Å². The van der Waals surface area contributed by atoms with Crippen molar-refractivity contribution < 1.29 is 30.6 Å². The molecule has 6 N–H and O–H groups in total. The van der Waals surface area contributed by atoms with Crippen LogP contribution in [-0.4, -0.2) is 54.7 Å². The summed E-state index contributed by atoms with van der Waals surface area (Å²) >= 11 is 0. The van der Waals surface area contributed by atoms with Gasteiger partial charge in [-0.25, -0.2) is 0 Å². The van der Waals surface area contributed by atoms with E-state index in [1.54, 1.807) is 0 Å². The Hall–Kier alpha value is -2.48. The molecule has 0 fully saturated rings. The summed E-state index contributed by atoms with van der Waals surface area (Å²) in [7, 11) is 0. The Labute approximate surface area is 152 Å². The molecule has 0 amide bonds. The lowest BCUT2D eigenvalue weighted by Crippen LogP contribution is -2.37. The van der Waals surface area contributed by atoms with Crippen molar-refractivity contribution in [3.05, 3.63) is 47.5 Å². The number of phenols is 4. The number of rotatable bonds is 7. The Morgan fingerprint density at radius 1 is 0.692 bits per heavy atom. The molecule has 2 aromatic carbocycles. The zero-order chi connectivity index (χ0) is 19.4. The Morgan fingerprint density at radius 3 is 1.38 bits per heavy atom.